The third kappa shape index (κ3) is 33.9. The summed E-state index contributed by atoms with van der Waals surface area (Å²) in [6, 6.07) is 0. The van der Waals surface area contributed by atoms with Gasteiger partial charge in [0.1, 0.15) is 6.61 Å². The van der Waals surface area contributed by atoms with E-state index in [4.69, 9.17) is 18.5 Å². The summed E-state index contributed by atoms with van der Waals surface area (Å²) in [5, 5.41) is 0. The zero-order valence-corrected chi connectivity index (χ0v) is 31.5. The summed E-state index contributed by atoms with van der Waals surface area (Å²) in [6.45, 7) is 5.29. The number of phosphoric ester groups is 1. The highest BCUT2D eigenvalue weighted by Crippen LogP contribution is 2.43. The van der Waals surface area contributed by atoms with Crippen molar-refractivity contribution in [3.8, 4) is 0 Å². The van der Waals surface area contributed by atoms with Crippen molar-refractivity contribution in [2.75, 3.05) is 19.8 Å². The lowest BCUT2D eigenvalue weighted by Crippen LogP contribution is -2.29. The van der Waals surface area contributed by atoms with Crippen LogP contribution in [-0.4, -0.2) is 42.8 Å². The Bertz CT molecular complexity index is 927. The van der Waals surface area contributed by atoms with Crippen LogP contribution < -0.4 is 0 Å². The van der Waals surface area contributed by atoms with Gasteiger partial charge in [-0.15, -0.1) is 0 Å². The van der Waals surface area contributed by atoms with E-state index in [1.807, 2.05) is 0 Å². The van der Waals surface area contributed by atoms with Crippen molar-refractivity contribution >= 4 is 19.8 Å². The minimum absolute atomic E-state index is 0.00608. The van der Waals surface area contributed by atoms with E-state index >= 15 is 0 Å². The van der Waals surface area contributed by atoms with Crippen molar-refractivity contribution in [3.05, 3.63) is 48.6 Å². The highest BCUT2D eigenvalue weighted by molar-refractivity contribution is 7.47. The van der Waals surface area contributed by atoms with Gasteiger partial charge < -0.3 is 14.4 Å². The highest BCUT2D eigenvalue weighted by atomic mass is 31.2. The van der Waals surface area contributed by atoms with Gasteiger partial charge in [0, 0.05) is 12.8 Å². The first-order valence-electron chi connectivity index (χ1n) is 18.9. The maximum Gasteiger partial charge on any atom is 0.472 e. The standard InChI is InChI=1S/C39H69O8P/c1-4-7-9-11-13-15-17-19-20-22-24-26-28-30-32-34-39(41)47-37(36-46-48(42,43)45-6-3)35-44-38(40)33-31-29-27-25-23-21-18-16-14-12-10-8-5-2/h7,9,13,15-16,18-20,37H,4-6,8,10-12,14,17,21-36H2,1-3H3,(H,42,43)/b9-7-,15-13-,18-16-,20-19-. The second kappa shape index (κ2) is 34.9. The number of hydrogen-bond acceptors (Lipinski definition) is 7. The third-order valence-corrected chi connectivity index (χ3v) is 8.68. The molecule has 0 aliphatic rings. The summed E-state index contributed by atoms with van der Waals surface area (Å²) in [5.74, 6) is -0.832. The van der Waals surface area contributed by atoms with Gasteiger partial charge in [0.25, 0.3) is 0 Å². The molecule has 0 saturated carbocycles. The van der Waals surface area contributed by atoms with Gasteiger partial charge in [0.15, 0.2) is 6.10 Å². The summed E-state index contributed by atoms with van der Waals surface area (Å²) in [4.78, 5) is 34.6. The fourth-order valence-electron chi connectivity index (χ4n) is 4.87. The topological polar surface area (TPSA) is 108 Å². The van der Waals surface area contributed by atoms with Crippen molar-refractivity contribution in [2.45, 2.75) is 168 Å². The second-order valence-electron chi connectivity index (χ2n) is 12.2. The summed E-state index contributed by atoms with van der Waals surface area (Å²) < 4.78 is 32.5. The zero-order valence-electron chi connectivity index (χ0n) is 30.6. The van der Waals surface area contributed by atoms with E-state index in [9.17, 15) is 19.0 Å². The van der Waals surface area contributed by atoms with Crippen LogP contribution in [0.25, 0.3) is 0 Å². The first-order valence-corrected chi connectivity index (χ1v) is 20.4. The van der Waals surface area contributed by atoms with Gasteiger partial charge in [-0.25, -0.2) is 4.57 Å². The van der Waals surface area contributed by atoms with E-state index in [0.29, 0.717) is 6.42 Å². The van der Waals surface area contributed by atoms with Crippen LogP contribution in [0.2, 0.25) is 0 Å². The highest BCUT2D eigenvalue weighted by Gasteiger charge is 2.25. The maximum atomic E-state index is 12.5. The molecule has 1 N–H and O–H groups in total. The molecule has 0 aliphatic carbocycles. The summed E-state index contributed by atoms with van der Waals surface area (Å²) in [5.41, 5.74) is 0. The number of carbonyl (C=O) groups is 2. The van der Waals surface area contributed by atoms with E-state index in [0.717, 1.165) is 89.9 Å². The number of carbonyl (C=O) groups excluding carboxylic acids is 2. The summed E-state index contributed by atoms with van der Waals surface area (Å²) in [7, 11) is -4.28. The maximum absolute atomic E-state index is 12.5. The van der Waals surface area contributed by atoms with Crippen LogP contribution in [0.3, 0.4) is 0 Å². The fraction of sp³-hybridized carbons (Fsp3) is 0.744. The average molecular weight is 697 g/mol. The van der Waals surface area contributed by atoms with E-state index in [1.165, 1.54) is 32.1 Å². The molecule has 0 fully saturated rings. The van der Waals surface area contributed by atoms with Crippen molar-refractivity contribution in [2.24, 2.45) is 0 Å². The second-order valence-corrected chi connectivity index (χ2v) is 13.7. The Morgan fingerprint density at radius 2 is 1.06 bits per heavy atom. The molecular formula is C39H69O8P. The minimum atomic E-state index is -4.28. The van der Waals surface area contributed by atoms with Crippen molar-refractivity contribution in [1.29, 1.82) is 0 Å². The predicted octanol–water partition coefficient (Wildman–Crippen LogP) is 11.4. The van der Waals surface area contributed by atoms with Gasteiger partial charge in [-0.3, -0.25) is 18.6 Å². The van der Waals surface area contributed by atoms with Crippen LogP contribution in [0.5, 0.6) is 0 Å². The Morgan fingerprint density at radius 3 is 1.62 bits per heavy atom. The van der Waals surface area contributed by atoms with Crippen LogP contribution in [0.4, 0.5) is 0 Å². The first kappa shape index (κ1) is 46.0. The summed E-state index contributed by atoms with van der Waals surface area (Å²) >= 11 is 0. The van der Waals surface area contributed by atoms with Crippen molar-refractivity contribution in [1.82, 2.24) is 0 Å². The molecule has 0 bridgehead atoms. The molecular weight excluding hydrogens is 627 g/mol. The Kier molecular flexibility index (Phi) is 33.4. The number of unbranched alkanes of at least 4 members (excludes halogenated alkanes) is 14. The Morgan fingerprint density at radius 1 is 0.583 bits per heavy atom. The molecule has 2 atom stereocenters. The van der Waals surface area contributed by atoms with Gasteiger partial charge >= 0.3 is 19.8 Å². The van der Waals surface area contributed by atoms with E-state index in [-0.39, 0.29) is 32.0 Å². The molecule has 0 rings (SSSR count). The molecule has 9 heteroatoms. The lowest BCUT2D eigenvalue weighted by atomic mass is 10.1. The average Bonchev–Trinajstić information content (AvgIpc) is 3.06. The van der Waals surface area contributed by atoms with Crippen molar-refractivity contribution < 1.29 is 37.6 Å². The molecule has 0 saturated heterocycles. The number of ether oxygens (including phenoxy) is 2. The predicted molar refractivity (Wildman–Crippen MR) is 198 cm³/mol. The number of rotatable bonds is 34. The molecule has 278 valence electrons. The van der Waals surface area contributed by atoms with Gasteiger partial charge in [-0.05, 0) is 77.6 Å². The molecule has 2 unspecified atom stereocenters. The molecule has 0 amide bonds. The first-order chi connectivity index (χ1) is 23.3. The fourth-order valence-corrected chi connectivity index (χ4v) is 5.63. The van der Waals surface area contributed by atoms with Crippen molar-refractivity contribution in [3.63, 3.8) is 0 Å². The molecule has 48 heavy (non-hydrogen) atoms. The smallest absolute Gasteiger partial charge is 0.462 e. The van der Waals surface area contributed by atoms with E-state index in [2.05, 4.69) is 62.5 Å². The number of hydrogen-bond donors (Lipinski definition) is 1. The normalized spacial score (nSPS) is 14.0. The lowest BCUT2D eigenvalue weighted by Gasteiger charge is -2.19. The van der Waals surface area contributed by atoms with Crippen LogP contribution in [0, 0.1) is 0 Å². The molecule has 0 heterocycles. The Labute approximate surface area is 293 Å². The Balaban J connectivity index is 4.21. The van der Waals surface area contributed by atoms with Crippen LogP contribution in [0.1, 0.15) is 162 Å². The van der Waals surface area contributed by atoms with Crippen LogP contribution >= 0.6 is 7.82 Å². The molecule has 0 aromatic heterocycles. The quantitative estimate of drug-likeness (QED) is 0.0306. The van der Waals surface area contributed by atoms with Gasteiger partial charge in [0.05, 0.1) is 13.2 Å². The number of allylic oxidation sites excluding steroid dienone is 8. The Hall–Kier alpha value is -1.99. The van der Waals surface area contributed by atoms with E-state index < -0.39 is 26.5 Å². The SMILES string of the molecule is CC/C=C\C/C=C\C/C=C\CCCCCCCC(=O)OC(COC(=O)CCCCCCC/C=C\CCCCCC)COP(=O)(O)OCC. The van der Waals surface area contributed by atoms with Crippen LogP contribution in [-0.2, 0) is 32.7 Å². The minimum Gasteiger partial charge on any atom is -0.462 e. The van der Waals surface area contributed by atoms with Gasteiger partial charge in [-0.1, -0.05) is 120 Å². The number of phosphoric acid groups is 1. The van der Waals surface area contributed by atoms with Gasteiger partial charge in [0.2, 0.25) is 0 Å². The molecule has 0 aliphatic heterocycles. The molecule has 0 radical (unpaired) electrons. The molecule has 8 nitrogen and oxygen atoms in total. The zero-order chi connectivity index (χ0) is 35.4. The molecule has 0 aromatic carbocycles. The molecule has 0 aromatic rings. The van der Waals surface area contributed by atoms with Crippen LogP contribution in [0.15, 0.2) is 48.6 Å². The van der Waals surface area contributed by atoms with Gasteiger partial charge in [-0.2, -0.15) is 0 Å². The summed E-state index contributed by atoms with van der Waals surface area (Å²) in [6.07, 6.45) is 38.7. The largest absolute Gasteiger partial charge is 0.472 e. The van der Waals surface area contributed by atoms with E-state index in [1.54, 1.807) is 6.92 Å². The lowest BCUT2D eigenvalue weighted by molar-refractivity contribution is -0.161. The molecule has 0 spiro atoms. The number of esters is 2. The third-order valence-electron chi connectivity index (χ3n) is 7.62. The monoisotopic (exact) mass is 696 g/mol.